The number of rotatable bonds is 5. The third-order valence-corrected chi connectivity index (χ3v) is 3.01. The Balaban J connectivity index is 2.11. The summed E-state index contributed by atoms with van der Waals surface area (Å²) in [6, 6.07) is 7.27. The van der Waals surface area contributed by atoms with Gasteiger partial charge in [-0.3, -0.25) is 0 Å². The van der Waals surface area contributed by atoms with Crippen LogP contribution in [0.15, 0.2) is 24.5 Å². The van der Waals surface area contributed by atoms with E-state index in [-0.39, 0.29) is 0 Å². The molecule has 0 amide bonds. The van der Waals surface area contributed by atoms with E-state index in [1.165, 1.54) is 0 Å². The minimum Gasteiger partial charge on any atom is -0.377 e. The smallest absolute Gasteiger partial charge is 0.146 e. The Morgan fingerprint density at radius 2 is 2.25 bits per heavy atom. The van der Waals surface area contributed by atoms with E-state index < -0.39 is 0 Å². The van der Waals surface area contributed by atoms with Crippen LogP contribution in [0.1, 0.15) is 25.2 Å². The molecule has 0 unspecified atom stereocenters. The van der Waals surface area contributed by atoms with Gasteiger partial charge < -0.3 is 5.32 Å². The molecule has 2 aromatic rings. The van der Waals surface area contributed by atoms with E-state index in [0.29, 0.717) is 28.7 Å². The zero-order chi connectivity index (χ0) is 14.5. The number of nitrogens with zero attached hydrogens (tertiary/aromatic N) is 4. The molecule has 0 saturated heterocycles. The lowest BCUT2D eigenvalue weighted by atomic mass is 10.2. The third kappa shape index (κ3) is 3.49. The van der Waals surface area contributed by atoms with Crippen molar-refractivity contribution in [1.29, 1.82) is 5.26 Å². The van der Waals surface area contributed by atoms with E-state index in [1.54, 1.807) is 24.5 Å². The van der Waals surface area contributed by atoms with Crippen molar-refractivity contribution in [2.45, 2.75) is 26.9 Å². The van der Waals surface area contributed by atoms with Gasteiger partial charge in [0.15, 0.2) is 0 Å². The molecule has 1 aromatic carbocycles. The van der Waals surface area contributed by atoms with Gasteiger partial charge in [-0.25, -0.2) is 9.67 Å². The Bertz CT molecular complexity index is 627. The molecule has 0 radical (unpaired) electrons. The lowest BCUT2D eigenvalue weighted by molar-refractivity contribution is 0.468. The summed E-state index contributed by atoms with van der Waals surface area (Å²) in [5.41, 5.74) is 1.27. The Kier molecular flexibility index (Phi) is 4.59. The van der Waals surface area contributed by atoms with Gasteiger partial charge in [0.25, 0.3) is 0 Å². The first-order valence-corrected chi connectivity index (χ1v) is 6.78. The molecule has 6 heteroatoms. The maximum absolute atomic E-state index is 9.07. The Hall–Kier alpha value is -2.06. The average Bonchev–Trinajstić information content (AvgIpc) is 2.83. The topological polar surface area (TPSA) is 66.5 Å². The van der Waals surface area contributed by atoms with Gasteiger partial charge in [0.2, 0.25) is 0 Å². The van der Waals surface area contributed by atoms with Gasteiger partial charge in [0.1, 0.15) is 18.2 Å². The SMILES string of the molecule is CC(C)Cn1ncnc1CNc1cc(Cl)ccc1C#N. The van der Waals surface area contributed by atoms with Crippen molar-refractivity contribution in [2.24, 2.45) is 5.92 Å². The molecule has 1 heterocycles. The summed E-state index contributed by atoms with van der Waals surface area (Å²) in [6.07, 6.45) is 1.54. The molecule has 1 N–H and O–H groups in total. The molecule has 0 saturated carbocycles. The number of aromatic nitrogens is 3. The fourth-order valence-electron chi connectivity index (χ4n) is 1.86. The fourth-order valence-corrected chi connectivity index (χ4v) is 2.03. The van der Waals surface area contributed by atoms with Gasteiger partial charge in [-0.05, 0) is 24.1 Å². The van der Waals surface area contributed by atoms with Crippen LogP contribution in [0.25, 0.3) is 0 Å². The van der Waals surface area contributed by atoms with Gasteiger partial charge >= 0.3 is 0 Å². The second-order valence-corrected chi connectivity index (χ2v) is 5.34. The van der Waals surface area contributed by atoms with Crippen LogP contribution in [-0.2, 0) is 13.1 Å². The molecular formula is C14H16ClN5. The van der Waals surface area contributed by atoms with E-state index >= 15 is 0 Å². The summed E-state index contributed by atoms with van der Waals surface area (Å²) >= 11 is 5.95. The van der Waals surface area contributed by atoms with Crippen LogP contribution in [0.5, 0.6) is 0 Å². The summed E-state index contributed by atoms with van der Waals surface area (Å²) in [5.74, 6) is 1.33. The maximum atomic E-state index is 9.07. The van der Waals surface area contributed by atoms with Crippen LogP contribution < -0.4 is 5.32 Å². The molecule has 0 atom stereocenters. The van der Waals surface area contributed by atoms with Crippen LogP contribution in [0.4, 0.5) is 5.69 Å². The number of anilines is 1. The summed E-state index contributed by atoms with van der Waals surface area (Å²) in [4.78, 5) is 4.24. The fraction of sp³-hybridized carbons (Fsp3) is 0.357. The molecule has 2 rings (SSSR count). The Morgan fingerprint density at radius 3 is 2.95 bits per heavy atom. The lowest BCUT2D eigenvalue weighted by Gasteiger charge is -2.11. The van der Waals surface area contributed by atoms with E-state index in [2.05, 4.69) is 35.3 Å². The van der Waals surface area contributed by atoms with Gasteiger partial charge in [-0.15, -0.1) is 0 Å². The highest BCUT2D eigenvalue weighted by Crippen LogP contribution is 2.20. The summed E-state index contributed by atoms with van der Waals surface area (Å²) < 4.78 is 1.87. The van der Waals surface area contributed by atoms with Crippen molar-refractivity contribution in [1.82, 2.24) is 14.8 Å². The first-order valence-electron chi connectivity index (χ1n) is 6.40. The number of benzene rings is 1. The Labute approximate surface area is 123 Å². The molecule has 0 bridgehead atoms. The predicted octanol–water partition coefficient (Wildman–Crippen LogP) is 3.07. The molecule has 1 aromatic heterocycles. The van der Waals surface area contributed by atoms with Crippen LogP contribution in [0.2, 0.25) is 5.02 Å². The molecule has 104 valence electrons. The quantitative estimate of drug-likeness (QED) is 0.918. The van der Waals surface area contributed by atoms with Crippen molar-refractivity contribution in [3.63, 3.8) is 0 Å². The largest absolute Gasteiger partial charge is 0.377 e. The number of nitriles is 1. The highest BCUT2D eigenvalue weighted by atomic mass is 35.5. The molecule has 0 aliphatic carbocycles. The van der Waals surface area contributed by atoms with E-state index in [0.717, 1.165) is 12.4 Å². The van der Waals surface area contributed by atoms with Crippen molar-refractivity contribution < 1.29 is 0 Å². The van der Waals surface area contributed by atoms with E-state index in [4.69, 9.17) is 16.9 Å². The molecule has 0 aliphatic rings. The number of nitrogens with one attached hydrogen (secondary N) is 1. The first kappa shape index (κ1) is 14.4. The molecule has 0 fully saturated rings. The lowest BCUT2D eigenvalue weighted by Crippen LogP contribution is -2.13. The molecule has 5 nitrogen and oxygen atoms in total. The first-order chi connectivity index (χ1) is 9.60. The molecule has 0 spiro atoms. The summed E-state index contributed by atoms with van der Waals surface area (Å²) in [6.45, 7) is 5.58. The summed E-state index contributed by atoms with van der Waals surface area (Å²) in [7, 11) is 0. The van der Waals surface area contributed by atoms with Crippen LogP contribution >= 0.6 is 11.6 Å². The zero-order valence-corrected chi connectivity index (χ0v) is 12.2. The summed E-state index contributed by atoms with van der Waals surface area (Å²) in [5, 5.41) is 17.1. The van der Waals surface area contributed by atoms with E-state index in [1.807, 2.05) is 4.68 Å². The number of hydrogen-bond acceptors (Lipinski definition) is 4. The van der Waals surface area contributed by atoms with Crippen molar-refractivity contribution in [3.8, 4) is 6.07 Å². The number of halogens is 1. The zero-order valence-electron chi connectivity index (χ0n) is 11.5. The molecule has 0 aliphatic heterocycles. The second kappa shape index (κ2) is 6.40. The van der Waals surface area contributed by atoms with Crippen molar-refractivity contribution >= 4 is 17.3 Å². The third-order valence-electron chi connectivity index (χ3n) is 2.77. The standard InChI is InChI=1S/C14H16ClN5/c1-10(2)8-20-14(18-9-19-20)7-17-13-5-12(15)4-3-11(13)6-16/h3-5,9-10,17H,7-8H2,1-2H3. The highest BCUT2D eigenvalue weighted by molar-refractivity contribution is 6.30. The van der Waals surface area contributed by atoms with E-state index in [9.17, 15) is 0 Å². The molecule has 20 heavy (non-hydrogen) atoms. The van der Waals surface area contributed by atoms with Gasteiger partial charge in [0, 0.05) is 11.6 Å². The van der Waals surface area contributed by atoms with Crippen LogP contribution in [0, 0.1) is 17.2 Å². The maximum Gasteiger partial charge on any atom is 0.146 e. The van der Waals surface area contributed by atoms with Crippen LogP contribution in [-0.4, -0.2) is 14.8 Å². The van der Waals surface area contributed by atoms with Crippen LogP contribution in [0.3, 0.4) is 0 Å². The minimum atomic E-state index is 0.497. The predicted molar refractivity (Wildman–Crippen MR) is 78.4 cm³/mol. The monoisotopic (exact) mass is 289 g/mol. The Morgan fingerprint density at radius 1 is 1.45 bits per heavy atom. The van der Waals surface area contributed by atoms with Gasteiger partial charge in [-0.2, -0.15) is 10.4 Å². The second-order valence-electron chi connectivity index (χ2n) is 4.91. The normalized spacial score (nSPS) is 10.6. The van der Waals surface area contributed by atoms with Gasteiger partial charge in [-0.1, -0.05) is 25.4 Å². The molecular weight excluding hydrogens is 274 g/mol. The minimum absolute atomic E-state index is 0.497. The highest BCUT2D eigenvalue weighted by Gasteiger charge is 2.08. The van der Waals surface area contributed by atoms with Crippen molar-refractivity contribution in [2.75, 3.05) is 5.32 Å². The van der Waals surface area contributed by atoms with Crippen molar-refractivity contribution in [3.05, 3.63) is 40.9 Å². The number of hydrogen-bond donors (Lipinski definition) is 1. The van der Waals surface area contributed by atoms with Gasteiger partial charge in [0.05, 0.1) is 17.8 Å². The average molecular weight is 290 g/mol.